The second kappa shape index (κ2) is 5.21. The number of hydrogen-bond donors (Lipinski definition) is 1. The van der Waals surface area contributed by atoms with Gasteiger partial charge in [0.1, 0.15) is 5.75 Å². The molecule has 1 saturated carbocycles. The van der Waals surface area contributed by atoms with Crippen molar-refractivity contribution in [2.45, 2.75) is 32.1 Å². The Morgan fingerprint density at radius 3 is 3.06 bits per heavy atom. The molecule has 2 unspecified atom stereocenters. The Kier molecular flexibility index (Phi) is 3.67. The van der Waals surface area contributed by atoms with Gasteiger partial charge in [-0.2, -0.15) is 0 Å². The summed E-state index contributed by atoms with van der Waals surface area (Å²) >= 11 is 0. The van der Waals surface area contributed by atoms with Gasteiger partial charge in [-0.25, -0.2) is 0 Å². The lowest BCUT2D eigenvalue weighted by atomic mass is 10.1. The Morgan fingerprint density at radius 1 is 1.53 bits per heavy atom. The van der Waals surface area contributed by atoms with E-state index in [1.165, 1.54) is 5.56 Å². The molecule has 0 aliphatic heterocycles. The summed E-state index contributed by atoms with van der Waals surface area (Å²) in [5.74, 6) is 1.30. The average molecular weight is 234 g/mol. The summed E-state index contributed by atoms with van der Waals surface area (Å²) < 4.78 is 4.90. The Morgan fingerprint density at radius 2 is 2.35 bits per heavy atom. The van der Waals surface area contributed by atoms with Crippen LogP contribution in [0, 0.1) is 5.92 Å². The van der Waals surface area contributed by atoms with E-state index in [4.69, 9.17) is 4.74 Å². The van der Waals surface area contributed by atoms with Gasteiger partial charge < -0.3 is 9.84 Å². The van der Waals surface area contributed by atoms with Gasteiger partial charge in [0.15, 0.2) is 0 Å². The minimum atomic E-state index is -0.103. The molecule has 2 atom stereocenters. The number of ether oxygens (including phenoxy) is 1. The normalized spacial score (nSPS) is 22.2. The smallest absolute Gasteiger partial charge is 0.305 e. The molecule has 0 amide bonds. The maximum atomic E-state index is 11.2. The molecule has 3 nitrogen and oxygen atoms in total. The van der Waals surface area contributed by atoms with Gasteiger partial charge in [-0.3, -0.25) is 4.79 Å². The van der Waals surface area contributed by atoms with Crippen molar-refractivity contribution in [2.24, 2.45) is 5.92 Å². The van der Waals surface area contributed by atoms with E-state index >= 15 is 0 Å². The van der Waals surface area contributed by atoms with Crippen molar-refractivity contribution in [3.8, 4) is 5.75 Å². The molecule has 1 fully saturated rings. The van der Waals surface area contributed by atoms with Crippen LogP contribution in [-0.2, 0) is 9.53 Å². The van der Waals surface area contributed by atoms with Gasteiger partial charge in [0.2, 0.25) is 0 Å². The zero-order valence-electron chi connectivity index (χ0n) is 10.1. The van der Waals surface area contributed by atoms with Gasteiger partial charge in [-0.15, -0.1) is 0 Å². The molecule has 1 aliphatic carbocycles. The molecule has 17 heavy (non-hydrogen) atoms. The lowest BCUT2D eigenvalue weighted by Gasteiger charge is -2.02. The molecule has 92 valence electrons. The van der Waals surface area contributed by atoms with Gasteiger partial charge in [0, 0.05) is 6.42 Å². The van der Waals surface area contributed by atoms with Crippen LogP contribution in [0.4, 0.5) is 0 Å². The van der Waals surface area contributed by atoms with Crippen molar-refractivity contribution in [3.05, 3.63) is 29.8 Å². The van der Waals surface area contributed by atoms with E-state index in [9.17, 15) is 9.90 Å². The Bertz CT molecular complexity index is 400. The van der Waals surface area contributed by atoms with Crippen molar-refractivity contribution in [1.82, 2.24) is 0 Å². The highest BCUT2D eigenvalue weighted by Crippen LogP contribution is 2.50. The van der Waals surface area contributed by atoms with E-state index in [1.54, 1.807) is 6.07 Å². The quantitative estimate of drug-likeness (QED) is 0.797. The summed E-state index contributed by atoms with van der Waals surface area (Å²) in [6.07, 6.45) is 2.51. The molecule has 1 aromatic rings. The molecule has 2 rings (SSSR count). The van der Waals surface area contributed by atoms with E-state index in [1.807, 2.05) is 25.1 Å². The third kappa shape index (κ3) is 3.22. The fourth-order valence-corrected chi connectivity index (χ4v) is 2.27. The van der Waals surface area contributed by atoms with Crippen LogP contribution in [0.5, 0.6) is 5.75 Å². The van der Waals surface area contributed by atoms with Crippen LogP contribution in [-0.4, -0.2) is 17.7 Å². The maximum absolute atomic E-state index is 11.2. The largest absolute Gasteiger partial charge is 0.508 e. The second-order valence-corrected chi connectivity index (χ2v) is 4.54. The lowest BCUT2D eigenvalue weighted by Crippen LogP contribution is -2.03. The summed E-state index contributed by atoms with van der Waals surface area (Å²) in [5, 5.41) is 9.39. The molecule has 1 aromatic carbocycles. The van der Waals surface area contributed by atoms with E-state index in [2.05, 4.69) is 0 Å². The first-order chi connectivity index (χ1) is 8.20. The van der Waals surface area contributed by atoms with Crippen molar-refractivity contribution in [1.29, 1.82) is 0 Å². The highest BCUT2D eigenvalue weighted by molar-refractivity contribution is 5.69. The summed E-state index contributed by atoms with van der Waals surface area (Å²) in [7, 11) is 0. The summed E-state index contributed by atoms with van der Waals surface area (Å²) in [5.41, 5.74) is 1.18. The monoisotopic (exact) mass is 234 g/mol. The van der Waals surface area contributed by atoms with Crippen molar-refractivity contribution in [2.75, 3.05) is 6.61 Å². The number of benzene rings is 1. The number of rotatable bonds is 5. The predicted molar refractivity (Wildman–Crippen MR) is 64.8 cm³/mol. The SMILES string of the molecule is CCOC(=O)CCC1CC1c1cccc(O)c1. The van der Waals surface area contributed by atoms with E-state index < -0.39 is 0 Å². The first-order valence-electron chi connectivity index (χ1n) is 6.15. The molecule has 0 aromatic heterocycles. The van der Waals surface area contributed by atoms with Crippen molar-refractivity contribution >= 4 is 5.97 Å². The molecule has 0 spiro atoms. The minimum Gasteiger partial charge on any atom is -0.508 e. The number of carbonyl (C=O) groups is 1. The number of hydrogen-bond acceptors (Lipinski definition) is 3. The molecule has 0 bridgehead atoms. The van der Waals surface area contributed by atoms with Gasteiger partial charge >= 0.3 is 5.97 Å². The predicted octanol–water partition coefficient (Wildman–Crippen LogP) is 2.84. The fraction of sp³-hybridized carbons (Fsp3) is 0.500. The maximum Gasteiger partial charge on any atom is 0.305 e. The molecule has 0 radical (unpaired) electrons. The summed E-state index contributed by atoms with van der Waals surface area (Å²) in [6.45, 7) is 2.28. The highest BCUT2D eigenvalue weighted by Gasteiger charge is 2.38. The molecule has 0 saturated heterocycles. The van der Waals surface area contributed by atoms with Crippen LogP contribution in [0.15, 0.2) is 24.3 Å². The van der Waals surface area contributed by atoms with E-state index in [0.717, 1.165) is 12.8 Å². The average Bonchev–Trinajstić information content (AvgIpc) is 3.06. The van der Waals surface area contributed by atoms with Crippen LogP contribution in [0.2, 0.25) is 0 Å². The molecule has 1 N–H and O–H groups in total. The number of esters is 1. The molecule has 0 heterocycles. The fourth-order valence-electron chi connectivity index (χ4n) is 2.27. The Balaban J connectivity index is 1.79. The number of phenols is 1. The van der Waals surface area contributed by atoms with Gasteiger partial charge in [0.25, 0.3) is 0 Å². The summed E-state index contributed by atoms with van der Waals surface area (Å²) in [4.78, 5) is 11.2. The third-order valence-electron chi connectivity index (χ3n) is 3.25. The third-order valence-corrected chi connectivity index (χ3v) is 3.25. The van der Waals surface area contributed by atoms with Crippen molar-refractivity contribution < 1.29 is 14.6 Å². The van der Waals surface area contributed by atoms with Gasteiger partial charge in [-0.1, -0.05) is 12.1 Å². The van der Waals surface area contributed by atoms with E-state index in [0.29, 0.717) is 30.6 Å². The van der Waals surface area contributed by atoms with Crippen LogP contribution in [0.3, 0.4) is 0 Å². The minimum absolute atomic E-state index is 0.103. The molecular weight excluding hydrogens is 216 g/mol. The number of carbonyl (C=O) groups excluding carboxylic acids is 1. The van der Waals surface area contributed by atoms with Crippen LogP contribution in [0.1, 0.15) is 37.7 Å². The van der Waals surface area contributed by atoms with Crippen LogP contribution < -0.4 is 0 Å². The topological polar surface area (TPSA) is 46.5 Å². The van der Waals surface area contributed by atoms with E-state index in [-0.39, 0.29) is 5.97 Å². The molecule has 3 heteroatoms. The van der Waals surface area contributed by atoms with Gasteiger partial charge in [0.05, 0.1) is 6.61 Å². The molecular formula is C14H18O3. The van der Waals surface area contributed by atoms with Crippen LogP contribution in [0.25, 0.3) is 0 Å². The lowest BCUT2D eigenvalue weighted by molar-refractivity contribution is -0.143. The first kappa shape index (κ1) is 12.0. The zero-order valence-corrected chi connectivity index (χ0v) is 10.1. The molecule has 1 aliphatic rings. The Hall–Kier alpha value is -1.51. The second-order valence-electron chi connectivity index (χ2n) is 4.54. The number of aromatic hydroxyl groups is 1. The van der Waals surface area contributed by atoms with Gasteiger partial charge in [-0.05, 0) is 49.3 Å². The zero-order chi connectivity index (χ0) is 12.3. The first-order valence-corrected chi connectivity index (χ1v) is 6.15. The van der Waals surface area contributed by atoms with Crippen LogP contribution >= 0.6 is 0 Å². The summed E-state index contributed by atoms with van der Waals surface area (Å²) in [6, 6.07) is 7.40. The highest BCUT2D eigenvalue weighted by atomic mass is 16.5. The Labute approximate surface area is 101 Å². The standard InChI is InChI=1S/C14H18O3/c1-2-17-14(16)7-6-11-9-13(11)10-4-3-5-12(15)8-10/h3-5,8,11,13,15H,2,6-7,9H2,1H3. The van der Waals surface area contributed by atoms with Crippen molar-refractivity contribution in [3.63, 3.8) is 0 Å². The number of phenolic OH excluding ortho intramolecular Hbond substituents is 1.